The number of thiophene rings is 1. The quantitative estimate of drug-likeness (QED) is 0.682. The third-order valence-electron chi connectivity index (χ3n) is 4.56. The fraction of sp³-hybridized carbons (Fsp3) is 0.316. The minimum Gasteiger partial charge on any atom is -0.497 e. The number of ether oxygens (including phenoxy) is 1. The van der Waals surface area contributed by atoms with Gasteiger partial charge in [0.2, 0.25) is 0 Å². The molecule has 27 heavy (non-hydrogen) atoms. The van der Waals surface area contributed by atoms with Crippen LogP contribution in [0.3, 0.4) is 0 Å². The second-order valence-electron chi connectivity index (χ2n) is 6.56. The Morgan fingerprint density at radius 2 is 2.00 bits per heavy atom. The number of nitrogens with two attached hydrogens (primary N) is 1. The van der Waals surface area contributed by atoms with Gasteiger partial charge in [0.1, 0.15) is 10.8 Å². The molecule has 0 saturated heterocycles. The van der Waals surface area contributed by atoms with Crippen LogP contribution in [0.2, 0.25) is 0 Å². The molecule has 4 N–H and O–H groups in total. The number of primary amides is 1. The van der Waals surface area contributed by atoms with Gasteiger partial charge < -0.3 is 15.8 Å². The molecule has 1 atom stereocenters. The first-order valence-corrected chi connectivity index (χ1v) is 9.82. The number of amides is 2. The smallest absolute Gasteiger partial charge is 0.257 e. The summed E-state index contributed by atoms with van der Waals surface area (Å²) >= 11 is 6.74. The molecule has 0 bridgehead atoms. The van der Waals surface area contributed by atoms with Crippen LogP contribution in [0.15, 0.2) is 24.3 Å². The topological polar surface area (TPSA) is 93.4 Å². The largest absolute Gasteiger partial charge is 0.497 e. The van der Waals surface area contributed by atoms with Crippen molar-refractivity contribution in [2.45, 2.75) is 26.2 Å². The van der Waals surface area contributed by atoms with Gasteiger partial charge in [0.05, 0.1) is 12.7 Å². The summed E-state index contributed by atoms with van der Waals surface area (Å²) in [5.74, 6) is 0.419. The minimum atomic E-state index is -0.478. The van der Waals surface area contributed by atoms with Gasteiger partial charge in [0, 0.05) is 10.4 Å². The van der Waals surface area contributed by atoms with Crippen molar-refractivity contribution >= 4 is 45.5 Å². The van der Waals surface area contributed by atoms with Crippen molar-refractivity contribution in [2.24, 2.45) is 11.7 Å². The van der Waals surface area contributed by atoms with Gasteiger partial charge in [-0.2, -0.15) is 0 Å². The summed E-state index contributed by atoms with van der Waals surface area (Å²) in [4.78, 5) is 25.5. The van der Waals surface area contributed by atoms with Gasteiger partial charge in [-0.25, -0.2) is 0 Å². The zero-order chi connectivity index (χ0) is 19.6. The molecule has 1 aliphatic carbocycles. The van der Waals surface area contributed by atoms with Crippen molar-refractivity contribution in [1.29, 1.82) is 0 Å². The molecule has 1 aliphatic rings. The van der Waals surface area contributed by atoms with Crippen LogP contribution in [0.4, 0.5) is 5.00 Å². The van der Waals surface area contributed by atoms with E-state index in [0.29, 0.717) is 27.8 Å². The molecule has 142 valence electrons. The molecule has 8 heteroatoms. The summed E-state index contributed by atoms with van der Waals surface area (Å²) in [6.45, 7) is 2.19. The van der Waals surface area contributed by atoms with E-state index in [1.807, 2.05) is 0 Å². The Labute approximate surface area is 167 Å². The molecule has 1 heterocycles. The first kappa shape index (κ1) is 19.3. The van der Waals surface area contributed by atoms with E-state index in [1.54, 1.807) is 31.4 Å². The zero-order valence-electron chi connectivity index (χ0n) is 15.1. The molecule has 1 aromatic carbocycles. The average molecular weight is 404 g/mol. The highest BCUT2D eigenvalue weighted by Gasteiger charge is 2.27. The van der Waals surface area contributed by atoms with Gasteiger partial charge in [0.15, 0.2) is 5.11 Å². The van der Waals surface area contributed by atoms with E-state index >= 15 is 0 Å². The maximum Gasteiger partial charge on any atom is 0.257 e. The molecule has 0 aliphatic heterocycles. The normalized spacial score (nSPS) is 15.6. The molecule has 0 radical (unpaired) electrons. The molecule has 2 aromatic rings. The predicted octanol–water partition coefficient (Wildman–Crippen LogP) is 3.11. The molecule has 0 spiro atoms. The zero-order valence-corrected chi connectivity index (χ0v) is 16.8. The lowest BCUT2D eigenvalue weighted by Crippen LogP contribution is -2.34. The first-order chi connectivity index (χ1) is 12.9. The maximum atomic E-state index is 12.3. The second kappa shape index (κ2) is 8.06. The molecule has 2 amide bonds. The van der Waals surface area contributed by atoms with Gasteiger partial charge in [-0.1, -0.05) is 6.92 Å². The number of fused-ring (bicyclic) bond motifs is 1. The summed E-state index contributed by atoms with van der Waals surface area (Å²) in [7, 11) is 1.56. The van der Waals surface area contributed by atoms with Crippen LogP contribution in [-0.4, -0.2) is 24.0 Å². The van der Waals surface area contributed by atoms with Gasteiger partial charge >= 0.3 is 0 Å². The van der Waals surface area contributed by atoms with Crippen molar-refractivity contribution in [1.82, 2.24) is 5.32 Å². The van der Waals surface area contributed by atoms with Crippen LogP contribution in [-0.2, 0) is 12.8 Å². The molecule has 0 unspecified atom stereocenters. The number of methoxy groups -OCH3 is 1. The number of hydrogen-bond acceptors (Lipinski definition) is 5. The third kappa shape index (κ3) is 4.28. The summed E-state index contributed by atoms with van der Waals surface area (Å²) in [5.41, 5.74) is 7.55. The predicted molar refractivity (Wildman–Crippen MR) is 111 cm³/mol. The van der Waals surface area contributed by atoms with E-state index in [9.17, 15) is 9.59 Å². The van der Waals surface area contributed by atoms with E-state index in [1.165, 1.54) is 11.3 Å². The molecule has 0 saturated carbocycles. The van der Waals surface area contributed by atoms with E-state index in [4.69, 9.17) is 22.7 Å². The van der Waals surface area contributed by atoms with Gasteiger partial charge in [0.25, 0.3) is 11.8 Å². The monoisotopic (exact) mass is 403 g/mol. The molecular weight excluding hydrogens is 382 g/mol. The summed E-state index contributed by atoms with van der Waals surface area (Å²) < 4.78 is 5.08. The highest BCUT2D eigenvalue weighted by molar-refractivity contribution is 7.80. The molecule has 6 nitrogen and oxygen atoms in total. The SMILES string of the molecule is COc1ccc(C(=O)NC(=S)Nc2sc3c(c2C(N)=O)CC[C@H](C)C3)cc1. The fourth-order valence-electron chi connectivity index (χ4n) is 3.15. The average Bonchev–Trinajstić information content (AvgIpc) is 2.98. The number of anilines is 1. The van der Waals surface area contributed by atoms with Crippen LogP contribution >= 0.6 is 23.6 Å². The standard InChI is InChI=1S/C19H21N3O3S2/c1-10-3-8-13-14(9-10)27-18(15(13)16(20)23)22-19(26)21-17(24)11-4-6-12(25-2)7-5-11/h4-7,10H,3,8-9H2,1-2H3,(H2,20,23)(H2,21,22,24,26)/t10-/m0/s1. The summed E-state index contributed by atoms with van der Waals surface area (Å²) in [6.07, 6.45) is 2.78. The minimum absolute atomic E-state index is 0.130. The second-order valence-corrected chi connectivity index (χ2v) is 8.07. The van der Waals surface area contributed by atoms with E-state index in [-0.39, 0.29) is 11.0 Å². The lowest BCUT2D eigenvalue weighted by molar-refractivity contribution is 0.0975. The first-order valence-electron chi connectivity index (χ1n) is 8.59. The van der Waals surface area contributed by atoms with Crippen LogP contribution in [0.25, 0.3) is 0 Å². The highest BCUT2D eigenvalue weighted by Crippen LogP contribution is 2.39. The van der Waals surface area contributed by atoms with Crippen molar-refractivity contribution in [3.8, 4) is 5.75 Å². The molecular formula is C19H21N3O3S2. The number of benzene rings is 1. The van der Waals surface area contributed by atoms with Crippen molar-refractivity contribution < 1.29 is 14.3 Å². The maximum absolute atomic E-state index is 12.3. The Morgan fingerprint density at radius 3 is 2.63 bits per heavy atom. The van der Waals surface area contributed by atoms with E-state index in [0.717, 1.165) is 29.7 Å². The Morgan fingerprint density at radius 1 is 1.30 bits per heavy atom. The van der Waals surface area contributed by atoms with Crippen LogP contribution < -0.4 is 21.1 Å². The van der Waals surface area contributed by atoms with Crippen LogP contribution in [0, 0.1) is 5.92 Å². The van der Waals surface area contributed by atoms with Crippen molar-refractivity contribution in [3.05, 3.63) is 45.8 Å². The van der Waals surface area contributed by atoms with Gasteiger partial charge in [-0.15, -0.1) is 11.3 Å². The Balaban J connectivity index is 1.73. The molecule has 0 fully saturated rings. The lowest BCUT2D eigenvalue weighted by Gasteiger charge is -2.18. The summed E-state index contributed by atoms with van der Waals surface area (Å²) in [5, 5.41) is 6.34. The third-order valence-corrected chi connectivity index (χ3v) is 5.94. The number of carbonyl (C=O) groups excluding carboxylic acids is 2. The Kier molecular flexibility index (Phi) is 5.76. The fourth-order valence-corrected chi connectivity index (χ4v) is 4.83. The summed E-state index contributed by atoms with van der Waals surface area (Å²) in [6, 6.07) is 6.70. The van der Waals surface area contributed by atoms with Crippen molar-refractivity contribution in [2.75, 3.05) is 12.4 Å². The molecule has 3 rings (SSSR count). The number of hydrogen-bond donors (Lipinski definition) is 3. The van der Waals surface area contributed by atoms with E-state index in [2.05, 4.69) is 17.6 Å². The van der Waals surface area contributed by atoms with Crippen molar-refractivity contribution in [3.63, 3.8) is 0 Å². The number of carbonyl (C=O) groups is 2. The number of nitrogens with one attached hydrogen (secondary N) is 2. The van der Waals surface area contributed by atoms with Crippen LogP contribution in [0.5, 0.6) is 5.75 Å². The van der Waals surface area contributed by atoms with Gasteiger partial charge in [-0.05, 0) is 67.2 Å². The highest BCUT2D eigenvalue weighted by atomic mass is 32.1. The molecule has 1 aromatic heterocycles. The lowest BCUT2D eigenvalue weighted by atomic mass is 9.88. The van der Waals surface area contributed by atoms with E-state index < -0.39 is 5.91 Å². The Hall–Kier alpha value is -2.45. The van der Waals surface area contributed by atoms with Gasteiger partial charge in [-0.3, -0.25) is 14.9 Å². The van der Waals surface area contributed by atoms with Crippen LogP contribution in [0.1, 0.15) is 44.5 Å². The number of thiocarbonyl (C=S) groups is 1. The Bertz CT molecular complexity index is 890. The number of rotatable bonds is 4.